The summed E-state index contributed by atoms with van der Waals surface area (Å²) in [6.45, 7) is 0. The van der Waals surface area contributed by atoms with E-state index in [0.29, 0.717) is 5.69 Å². The van der Waals surface area contributed by atoms with Gasteiger partial charge in [-0.25, -0.2) is 9.29 Å². The summed E-state index contributed by atoms with van der Waals surface area (Å²) in [5.74, 6) is -3.23. The summed E-state index contributed by atoms with van der Waals surface area (Å²) >= 11 is 0. The molecule has 2 fully saturated rings. The number of hydrogen-bond acceptors (Lipinski definition) is 5. The number of hydrazone groups is 1. The number of carbonyl (C=O) groups is 3. The van der Waals surface area contributed by atoms with Crippen LogP contribution in [0.2, 0.25) is 0 Å². The van der Waals surface area contributed by atoms with Gasteiger partial charge in [-0.3, -0.25) is 19.4 Å². The monoisotopic (exact) mass is 439 g/mol. The lowest BCUT2D eigenvalue weighted by Gasteiger charge is -2.33. The van der Waals surface area contributed by atoms with Gasteiger partial charge in [0.15, 0.2) is 5.78 Å². The van der Waals surface area contributed by atoms with E-state index < -0.39 is 35.6 Å². The molecule has 3 aromatic carbocycles. The van der Waals surface area contributed by atoms with Gasteiger partial charge in [-0.05, 0) is 47.5 Å². The Morgan fingerprint density at radius 1 is 0.818 bits per heavy atom. The molecule has 0 saturated carbocycles. The third-order valence-electron chi connectivity index (χ3n) is 6.70. The average Bonchev–Trinajstić information content (AvgIpc) is 3.32. The number of Topliss-reactive ketones (excluding diaryl/α,β-unsaturated/α-hetero) is 1. The van der Waals surface area contributed by atoms with Gasteiger partial charge in [-0.15, -0.1) is 0 Å². The van der Waals surface area contributed by atoms with E-state index in [1.165, 1.54) is 29.2 Å². The van der Waals surface area contributed by atoms with E-state index in [4.69, 9.17) is 0 Å². The molecule has 2 saturated heterocycles. The van der Waals surface area contributed by atoms with Crippen LogP contribution in [0.4, 0.5) is 10.1 Å². The summed E-state index contributed by atoms with van der Waals surface area (Å²) < 4.78 is 13.5. The van der Waals surface area contributed by atoms with Crippen LogP contribution in [-0.2, 0) is 9.59 Å². The second-order valence-electron chi connectivity index (χ2n) is 8.41. The Morgan fingerprint density at radius 2 is 1.48 bits per heavy atom. The number of nitrogens with zero attached hydrogens (tertiary/aromatic N) is 3. The zero-order valence-electron chi connectivity index (χ0n) is 17.3. The molecular weight excluding hydrogens is 421 g/mol. The van der Waals surface area contributed by atoms with E-state index in [1.54, 1.807) is 35.5 Å². The SMILES string of the molecule is O=C(c1ccc(F)cc1)[C@H]1[C@H]2C(=O)N(c3ccccc3)C(=O)[C@H]2[C@H]2c3ccccc3C=NN21. The molecule has 162 valence electrons. The van der Waals surface area contributed by atoms with Gasteiger partial charge in [0.1, 0.15) is 11.9 Å². The lowest BCUT2D eigenvalue weighted by molar-refractivity contribution is -0.124. The smallest absolute Gasteiger partial charge is 0.240 e. The maximum atomic E-state index is 13.7. The van der Waals surface area contributed by atoms with Crippen LogP contribution in [0.25, 0.3) is 0 Å². The van der Waals surface area contributed by atoms with Crippen LogP contribution in [0.1, 0.15) is 27.5 Å². The predicted molar refractivity (Wildman–Crippen MR) is 119 cm³/mol. The normalized spacial score (nSPS) is 25.1. The van der Waals surface area contributed by atoms with Crippen molar-refractivity contribution in [1.29, 1.82) is 0 Å². The van der Waals surface area contributed by atoms with Crippen molar-refractivity contribution in [2.75, 3.05) is 4.90 Å². The van der Waals surface area contributed by atoms with E-state index in [0.717, 1.165) is 11.1 Å². The fraction of sp³-hybridized carbons (Fsp3) is 0.154. The fourth-order valence-corrected chi connectivity index (χ4v) is 5.28. The molecule has 2 amide bonds. The van der Waals surface area contributed by atoms with Crippen LogP contribution in [0.5, 0.6) is 0 Å². The Kier molecular flexibility index (Phi) is 4.26. The van der Waals surface area contributed by atoms with E-state index in [2.05, 4.69) is 5.10 Å². The molecule has 0 aromatic heterocycles. The highest BCUT2D eigenvalue weighted by Crippen LogP contribution is 2.53. The summed E-state index contributed by atoms with van der Waals surface area (Å²) in [5.41, 5.74) is 2.46. The van der Waals surface area contributed by atoms with Crippen LogP contribution in [0, 0.1) is 17.7 Å². The van der Waals surface area contributed by atoms with Crippen molar-refractivity contribution in [2.24, 2.45) is 16.9 Å². The van der Waals surface area contributed by atoms with Crippen molar-refractivity contribution < 1.29 is 18.8 Å². The van der Waals surface area contributed by atoms with Crippen LogP contribution in [0.15, 0.2) is 84.0 Å². The number of amides is 2. The Balaban J connectivity index is 1.50. The Labute approximate surface area is 188 Å². The Morgan fingerprint density at radius 3 is 2.24 bits per heavy atom. The number of ketones is 1. The highest BCUT2D eigenvalue weighted by molar-refractivity contribution is 6.24. The number of imide groups is 1. The third-order valence-corrected chi connectivity index (χ3v) is 6.70. The zero-order valence-corrected chi connectivity index (χ0v) is 17.3. The van der Waals surface area contributed by atoms with Crippen LogP contribution >= 0.6 is 0 Å². The molecule has 3 aromatic rings. The minimum atomic E-state index is -0.972. The lowest BCUT2D eigenvalue weighted by atomic mass is 9.83. The van der Waals surface area contributed by atoms with Crippen molar-refractivity contribution >= 4 is 29.5 Å². The molecule has 0 radical (unpaired) electrons. The number of fused-ring (bicyclic) bond motifs is 5. The van der Waals surface area contributed by atoms with Crippen molar-refractivity contribution in [3.63, 3.8) is 0 Å². The summed E-state index contributed by atoms with van der Waals surface area (Å²) in [6, 6.07) is 20.0. The number of benzene rings is 3. The van der Waals surface area contributed by atoms with Crippen molar-refractivity contribution in [3.05, 3.63) is 101 Å². The first-order valence-electron chi connectivity index (χ1n) is 10.7. The zero-order chi connectivity index (χ0) is 22.7. The maximum absolute atomic E-state index is 13.7. The first-order valence-corrected chi connectivity index (χ1v) is 10.7. The van der Waals surface area contributed by atoms with E-state index in [9.17, 15) is 18.8 Å². The number of rotatable bonds is 3. The van der Waals surface area contributed by atoms with E-state index >= 15 is 0 Å². The topological polar surface area (TPSA) is 70.0 Å². The molecular formula is C26H18FN3O3. The number of carbonyl (C=O) groups excluding carboxylic acids is 3. The third kappa shape index (κ3) is 2.78. The molecule has 6 rings (SSSR count). The summed E-state index contributed by atoms with van der Waals surface area (Å²) in [6.07, 6.45) is 1.65. The van der Waals surface area contributed by atoms with Gasteiger partial charge in [0, 0.05) is 5.56 Å². The molecule has 3 aliphatic heterocycles. The molecule has 0 N–H and O–H groups in total. The number of para-hydroxylation sites is 1. The van der Waals surface area contributed by atoms with Gasteiger partial charge in [0.2, 0.25) is 11.8 Å². The number of halogens is 1. The quantitative estimate of drug-likeness (QED) is 0.462. The lowest BCUT2D eigenvalue weighted by Crippen LogP contribution is -2.44. The Hall–Kier alpha value is -4.13. The molecule has 7 heteroatoms. The molecule has 0 bridgehead atoms. The van der Waals surface area contributed by atoms with Crippen LogP contribution < -0.4 is 4.90 Å². The minimum Gasteiger partial charge on any atom is -0.292 e. The molecule has 3 heterocycles. The minimum absolute atomic E-state index is 0.272. The van der Waals surface area contributed by atoms with Gasteiger partial charge >= 0.3 is 0 Å². The Bertz CT molecular complexity index is 1320. The van der Waals surface area contributed by atoms with Gasteiger partial charge in [-0.1, -0.05) is 42.5 Å². The molecule has 0 spiro atoms. The standard InChI is InChI=1S/C26H18FN3O3/c27-17-12-10-15(11-13-17)24(31)23-21-20(22-19-9-5-4-6-16(19)14-28-30(22)23)25(32)29(26(21)33)18-7-2-1-3-8-18/h1-14,20-23H/t20-,21+,22-,23-/m1/s1. The van der Waals surface area contributed by atoms with Crippen LogP contribution in [-0.4, -0.2) is 34.9 Å². The van der Waals surface area contributed by atoms with E-state index in [1.807, 2.05) is 30.3 Å². The summed E-state index contributed by atoms with van der Waals surface area (Å²) in [4.78, 5) is 42.2. The van der Waals surface area contributed by atoms with Crippen molar-refractivity contribution in [3.8, 4) is 0 Å². The van der Waals surface area contributed by atoms with Gasteiger partial charge in [0.05, 0.1) is 29.8 Å². The second kappa shape index (κ2) is 7.20. The van der Waals surface area contributed by atoms with Gasteiger partial charge in [0.25, 0.3) is 0 Å². The van der Waals surface area contributed by atoms with Gasteiger partial charge in [-0.2, -0.15) is 5.10 Å². The summed E-state index contributed by atoms with van der Waals surface area (Å²) in [7, 11) is 0. The van der Waals surface area contributed by atoms with Gasteiger partial charge < -0.3 is 0 Å². The molecule has 6 nitrogen and oxygen atoms in total. The largest absolute Gasteiger partial charge is 0.292 e. The maximum Gasteiger partial charge on any atom is 0.240 e. The first-order chi connectivity index (χ1) is 16.1. The highest BCUT2D eigenvalue weighted by Gasteiger charge is 2.65. The van der Waals surface area contributed by atoms with E-state index in [-0.39, 0.29) is 17.3 Å². The number of anilines is 1. The molecule has 3 aliphatic rings. The highest BCUT2D eigenvalue weighted by atomic mass is 19.1. The average molecular weight is 439 g/mol. The van der Waals surface area contributed by atoms with Crippen molar-refractivity contribution in [1.82, 2.24) is 5.01 Å². The summed E-state index contributed by atoms with van der Waals surface area (Å²) in [5, 5.41) is 6.12. The first kappa shape index (κ1) is 19.5. The van der Waals surface area contributed by atoms with Crippen molar-refractivity contribution in [2.45, 2.75) is 12.1 Å². The predicted octanol–water partition coefficient (Wildman–Crippen LogP) is 3.59. The molecule has 0 unspecified atom stereocenters. The molecule has 0 aliphatic carbocycles. The molecule has 4 atom stereocenters. The van der Waals surface area contributed by atoms with Crippen LogP contribution in [0.3, 0.4) is 0 Å². The number of hydrogen-bond donors (Lipinski definition) is 0. The molecule has 33 heavy (non-hydrogen) atoms. The second-order valence-corrected chi connectivity index (χ2v) is 8.41. The fourth-order valence-electron chi connectivity index (χ4n) is 5.28.